The molecule has 5 heteroatoms. The van der Waals surface area contributed by atoms with Gasteiger partial charge in [-0.15, -0.1) is 0 Å². The van der Waals surface area contributed by atoms with Crippen LogP contribution in [0.3, 0.4) is 0 Å². The molecular formula is C25H15NO4. The second-order valence-corrected chi connectivity index (χ2v) is 7.41. The fourth-order valence-electron chi connectivity index (χ4n) is 4.38. The number of benzene rings is 4. The first-order valence-corrected chi connectivity index (χ1v) is 9.62. The van der Waals surface area contributed by atoms with Crippen molar-refractivity contribution < 1.29 is 14.4 Å². The molecule has 144 valence electrons. The van der Waals surface area contributed by atoms with Gasteiger partial charge in [-0.3, -0.25) is 10.1 Å². The second-order valence-electron chi connectivity index (χ2n) is 7.41. The van der Waals surface area contributed by atoms with E-state index in [2.05, 4.69) is 6.08 Å². The van der Waals surface area contributed by atoms with E-state index in [4.69, 9.17) is 9.47 Å². The van der Waals surface area contributed by atoms with Gasteiger partial charge >= 0.3 is 0 Å². The molecule has 0 unspecified atom stereocenters. The molecule has 5 nitrogen and oxygen atoms in total. The summed E-state index contributed by atoms with van der Waals surface area (Å²) >= 11 is 0. The van der Waals surface area contributed by atoms with E-state index in [0.717, 1.165) is 44.7 Å². The van der Waals surface area contributed by atoms with Crippen LogP contribution in [0, 0.1) is 10.1 Å². The number of ether oxygens (including phenoxy) is 2. The number of non-ortho nitro benzene ring substituents is 1. The maximum atomic E-state index is 11.1. The SMILES string of the molecule is O=[N+]([O-])c1ccc2c3c(ccc2c1)OC1(C=C3)c2ccccc2Oc2ccccc21. The van der Waals surface area contributed by atoms with Gasteiger partial charge in [-0.05, 0) is 47.2 Å². The molecule has 2 aliphatic rings. The smallest absolute Gasteiger partial charge is 0.270 e. The molecule has 0 atom stereocenters. The lowest BCUT2D eigenvalue weighted by molar-refractivity contribution is -0.384. The van der Waals surface area contributed by atoms with Gasteiger partial charge in [-0.1, -0.05) is 42.5 Å². The van der Waals surface area contributed by atoms with Crippen LogP contribution in [0.4, 0.5) is 5.69 Å². The molecule has 0 N–H and O–H groups in total. The Kier molecular flexibility index (Phi) is 3.33. The van der Waals surface area contributed by atoms with Crippen molar-refractivity contribution in [2.75, 3.05) is 0 Å². The van der Waals surface area contributed by atoms with Gasteiger partial charge in [-0.25, -0.2) is 0 Å². The van der Waals surface area contributed by atoms with Crippen LogP contribution >= 0.6 is 0 Å². The van der Waals surface area contributed by atoms with Crippen molar-refractivity contribution in [3.63, 3.8) is 0 Å². The van der Waals surface area contributed by atoms with Gasteiger partial charge in [0.25, 0.3) is 5.69 Å². The molecule has 0 amide bonds. The van der Waals surface area contributed by atoms with E-state index in [0.29, 0.717) is 0 Å². The summed E-state index contributed by atoms with van der Waals surface area (Å²) in [6.45, 7) is 0. The average molecular weight is 393 g/mol. The van der Waals surface area contributed by atoms with E-state index >= 15 is 0 Å². The van der Waals surface area contributed by atoms with Crippen LogP contribution in [-0.4, -0.2) is 4.92 Å². The van der Waals surface area contributed by atoms with Crippen molar-refractivity contribution in [3.05, 3.63) is 112 Å². The van der Waals surface area contributed by atoms with Gasteiger partial charge < -0.3 is 9.47 Å². The van der Waals surface area contributed by atoms with Crippen molar-refractivity contribution >= 4 is 22.5 Å². The van der Waals surface area contributed by atoms with Gasteiger partial charge in [0.1, 0.15) is 17.2 Å². The molecule has 0 radical (unpaired) electrons. The Morgan fingerprint density at radius 2 is 1.50 bits per heavy atom. The predicted molar refractivity (Wildman–Crippen MR) is 114 cm³/mol. The van der Waals surface area contributed by atoms with E-state index in [1.54, 1.807) is 12.1 Å². The Morgan fingerprint density at radius 3 is 2.20 bits per heavy atom. The van der Waals surface area contributed by atoms with Crippen LogP contribution in [0.25, 0.3) is 16.8 Å². The summed E-state index contributed by atoms with van der Waals surface area (Å²) in [5, 5.41) is 12.8. The maximum absolute atomic E-state index is 11.1. The Bertz CT molecular complexity index is 1340. The summed E-state index contributed by atoms with van der Waals surface area (Å²) in [5.74, 6) is 2.26. The summed E-state index contributed by atoms with van der Waals surface area (Å²) in [5.41, 5.74) is 2.07. The third kappa shape index (κ3) is 2.23. The Morgan fingerprint density at radius 1 is 0.800 bits per heavy atom. The summed E-state index contributed by atoms with van der Waals surface area (Å²) < 4.78 is 12.8. The topological polar surface area (TPSA) is 61.6 Å². The zero-order valence-corrected chi connectivity index (χ0v) is 15.7. The first-order chi connectivity index (χ1) is 14.7. The lowest BCUT2D eigenvalue weighted by atomic mass is 9.81. The van der Waals surface area contributed by atoms with Gasteiger partial charge in [-0.2, -0.15) is 0 Å². The highest BCUT2D eigenvalue weighted by Crippen LogP contribution is 2.52. The lowest BCUT2D eigenvalue weighted by Gasteiger charge is -2.40. The molecule has 2 heterocycles. The number of fused-ring (bicyclic) bond motifs is 7. The number of hydrogen-bond acceptors (Lipinski definition) is 4. The molecule has 0 aromatic heterocycles. The number of para-hydroxylation sites is 2. The first-order valence-electron chi connectivity index (χ1n) is 9.62. The molecule has 0 fully saturated rings. The highest BCUT2D eigenvalue weighted by atomic mass is 16.6. The number of rotatable bonds is 1. The van der Waals surface area contributed by atoms with Crippen LogP contribution in [0.15, 0.2) is 84.9 Å². The zero-order chi connectivity index (χ0) is 20.3. The number of nitrogens with zero attached hydrogens (tertiary/aromatic N) is 1. The minimum absolute atomic E-state index is 0.0758. The number of hydrogen-bond donors (Lipinski definition) is 0. The third-order valence-electron chi connectivity index (χ3n) is 5.77. The minimum atomic E-state index is -0.799. The molecule has 0 bridgehead atoms. The predicted octanol–water partition coefficient (Wildman–Crippen LogP) is 6.20. The Hall–Kier alpha value is -4.12. The van der Waals surface area contributed by atoms with Crippen molar-refractivity contribution in [3.8, 4) is 17.2 Å². The van der Waals surface area contributed by atoms with Crippen LogP contribution < -0.4 is 9.47 Å². The largest absolute Gasteiger partial charge is 0.473 e. The maximum Gasteiger partial charge on any atom is 0.270 e. The van der Waals surface area contributed by atoms with Gasteiger partial charge in [0.05, 0.1) is 4.92 Å². The summed E-state index contributed by atoms with van der Waals surface area (Å²) in [7, 11) is 0. The number of nitro groups is 1. The minimum Gasteiger partial charge on any atom is -0.473 e. The lowest BCUT2D eigenvalue weighted by Crippen LogP contribution is -2.37. The van der Waals surface area contributed by atoms with Crippen molar-refractivity contribution in [1.82, 2.24) is 0 Å². The van der Waals surface area contributed by atoms with Crippen LogP contribution in [0.2, 0.25) is 0 Å². The monoisotopic (exact) mass is 393 g/mol. The van der Waals surface area contributed by atoms with Gasteiger partial charge in [0, 0.05) is 28.8 Å². The van der Waals surface area contributed by atoms with Crippen molar-refractivity contribution in [2.45, 2.75) is 5.60 Å². The molecule has 1 spiro atoms. The molecule has 4 aromatic rings. The normalized spacial score (nSPS) is 14.9. The zero-order valence-electron chi connectivity index (χ0n) is 15.7. The van der Waals surface area contributed by atoms with Crippen molar-refractivity contribution in [1.29, 1.82) is 0 Å². The van der Waals surface area contributed by atoms with E-state index in [9.17, 15) is 10.1 Å². The second kappa shape index (κ2) is 5.94. The van der Waals surface area contributed by atoms with Crippen LogP contribution in [-0.2, 0) is 5.60 Å². The molecule has 2 aliphatic heterocycles. The van der Waals surface area contributed by atoms with Gasteiger partial charge in [0.2, 0.25) is 0 Å². The van der Waals surface area contributed by atoms with Gasteiger partial charge in [0.15, 0.2) is 5.60 Å². The van der Waals surface area contributed by atoms with E-state index < -0.39 is 5.60 Å². The standard InChI is InChI=1S/C25H15NO4/c27-26(28)17-10-11-18-16(15-17)9-12-22-19(18)13-14-25(30-22)20-5-1-3-7-23(20)29-24-8-4-2-6-21(24)25/h1-15H. The summed E-state index contributed by atoms with van der Waals surface area (Å²) in [4.78, 5) is 10.7. The fraction of sp³-hybridized carbons (Fsp3) is 0.0400. The Balaban J connectivity index is 1.58. The molecule has 4 aromatic carbocycles. The number of nitro benzene ring substituents is 1. The highest BCUT2D eigenvalue weighted by Gasteiger charge is 2.44. The quantitative estimate of drug-likeness (QED) is 0.285. The fourth-order valence-corrected chi connectivity index (χ4v) is 4.38. The highest BCUT2D eigenvalue weighted by molar-refractivity contribution is 5.95. The van der Waals surface area contributed by atoms with Crippen molar-refractivity contribution in [2.24, 2.45) is 0 Å². The third-order valence-corrected chi connectivity index (χ3v) is 5.77. The molecule has 30 heavy (non-hydrogen) atoms. The summed E-state index contributed by atoms with van der Waals surface area (Å²) in [6.07, 6.45) is 4.10. The molecular weight excluding hydrogens is 378 g/mol. The first kappa shape index (κ1) is 16.8. The van der Waals surface area contributed by atoms with Crippen LogP contribution in [0.5, 0.6) is 17.2 Å². The molecule has 0 aliphatic carbocycles. The van der Waals surface area contributed by atoms with E-state index in [1.165, 1.54) is 6.07 Å². The summed E-state index contributed by atoms with van der Waals surface area (Å²) in [6, 6.07) is 24.4. The molecule has 0 saturated heterocycles. The van der Waals surface area contributed by atoms with E-state index in [-0.39, 0.29) is 10.6 Å². The molecule has 0 saturated carbocycles. The van der Waals surface area contributed by atoms with Crippen LogP contribution in [0.1, 0.15) is 16.7 Å². The molecule has 6 rings (SSSR count). The Labute approximate surface area is 172 Å². The average Bonchev–Trinajstić information content (AvgIpc) is 2.78. The van der Waals surface area contributed by atoms with E-state index in [1.807, 2.05) is 66.7 Å².